The summed E-state index contributed by atoms with van der Waals surface area (Å²) in [5.41, 5.74) is 5.11. The zero-order chi connectivity index (χ0) is 21.6. The van der Waals surface area contributed by atoms with E-state index >= 15 is 0 Å². The van der Waals surface area contributed by atoms with Crippen molar-refractivity contribution >= 4 is 46.6 Å². The first-order valence-corrected chi connectivity index (χ1v) is 9.87. The van der Waals surface area contributed by atoms with Gasteiger partial charge in [-0.1, -0.05) is 41.9 Å². The summed E-state index contributed by atoms with van der Waals surface area (Å²) in [5.74, 6) is 0.588. The molecule has 0 amide bonds. The standard InChI is InChI=1S/C24H19ClN4O2/c25-19-6-1-16(2-7-19)11-21(24(27)31-14-26)18-4-8-20(9-5-18)30-13-17-3-10-22-23(12-17)29-15-28-22/h1-12,14-15,26-27H,13H2,(H,28,29)/b21-11+,26-14?,27-24?. The molecule has 0 unspecified atom stereocenters. The summed E-state index contributed by atoms with van der Waals surface area (Å²) in [7, 11) is 0. The zero-order valence-electron chi connectivity index (χ0n) is 16.4. The minimum absolute atomic E-state index is 0.119. The minimum Gasteiger partial charge on any atom is -0.489 e. The molecule has 154 valence electrons. The van der Waals surface area contributed by atoms with Gasteiger partial charge in [0.25, 0.3) is 0 Å². The Morgan fingerprint density at radius 1 is 1.03 bits per heavy atom. The molecule has 7 heteroatoms. The number of aromatic nitrogens is 2. The Hall–Kier alpha value is -3.90. The average molecular weight is 431 g/mol. The van der Waals surface area contributed by atoms with Crippen LogP contribution >= 0.6 is 11.6 Å². The number of aromatic amines is 1. The van der Waals surface area contributed by atoms with E-state index in [2.05, 4.69) is 9.97 Å². The van der Waals surface area contributed by atoms with E-state index in [9.17, 15) is 0 Å². The highest BCUT2D eigenvalue weighted by Gasteiger charge is 2.10. The topological polar surface area (TPSA) is 94.8 Å². The number of ether oxygens (including phenoxy) is 2. The number of hydrogen-bond acceptors (Lipinski definition) is 5. The predicted octanol–water partition coefficient (Wildman–Crippen LogP) is 5.94. The molecule has 0 aliphatic heterocycles. The maximum absolute atomic E-state index is 8.17. The number of H-pyrrole nitrogens is 1. The number of imidazole rings is 1. The highest BCUT2D eigenvalue weighted by molar-refractivity contribution is 6.30. The molecule has 0 radical (unpaired) electrons. The van der Waals surface area contributed by atoms with Crippen molar-refractivity contribution in [3.63, 3.8) is 0 Å². The molecule has 4 rings (SSSR count). The largest absolute Gasteiger partial charge is 0.489 e. The van der Waals surface area contributed by atoms with Crippen molar-refractivity contribution in [2.24, 2.45) is 0 Å². The summed E-state index contributed by atoms with van der Waals surface area (Å²) in [6.07, 6.45) is 4.23. The molecule has 31 heavy (non-hydrogen) atoms. The van der Waals surface area contributed by atoms with Crippen molar-refractivity contribution in [2.45, 2.75) is 6.61 Å². The van der Waals surface area contributed by atoms with Gasteiger partial charge in [-0.25, -0.2) is 4.98 Å². The molecule has 0 bridgehead atoms. The van der Waals surface area contributed by atoms with E-state index in [1.807, 2.05) is 60.7 Å². The van der Waals surface area contributed by atoms with Gasteiger partial charge >= 0.3 is 0 Å². The molecule has 0 aliphatic carbocycles. The zero-order valence-corrected chi connectivity index (χ0v) is 17.2. The highest BCUT2D eigenvalue weighted by atomic mass is 35.5. The number of benzene rings is 3. The SMILES string of the molecule is N=COC(=N)/C(=C/c1ccc(Cl)cc1)c1ccc(OCc2ccc3nc[nH]c3c2)cc1. The molecule has 0 saturated heterocycles. The fourth-order valence-corrected chi connectivity index (χ4v) is 3.22. The second-order valence-corrected chi connectivity index (χ2v) is 7.18. The molecule has 6 nitrogen and oxygen atoms in total. The molecule has 0 spiro atoms. The lowest BCUT2D eigenvalue weighted by molar-refractivity contribution is 0.306. The van der Waals surface area contributed by atoms with Crippen LogP contribution in [0, 0.1) is 10.8 Å². The lowest BCUT2D eigenvalue weighted by atomic mass is 10.0. The van der Waals surface area contributed by atoms with Crippen LogP contribution in [0.1, 0.15) is 16.7 Å². The van der Waals surface area contributed by atoms with E-state index in [1.54, 1.807) is 18.5 Å². The number of nitrogens with one attached hydrogen (secondary N) is 3. The summed E-state index contributed by atoms with van der Waals surface area (Å²) in [6.45, 7) is 0.425. The summed E-state index contributed by atoms with van der Waals surface area (Å²) >= 11 is 5.96. The third-order valence-corrected chi connectivity index (χ3v) is 4.91. The summed E-state index contributed by atoms with van der Waals surface area (Å²) < 4.78 is 10.9. The molecule has 0 aliphatic rings. The summed E-state index contributed by atoms with van der Waals surface area (Å²) in [5, 5.41) is 16.0. The van der Waals surface area contributed by atoms with Gasteiger partial charge in [0.05, 0.1) is 17.4 Å². The van der Waals surface area contributed by atoms with Crippen LogP contribution in [0.3, 0.4) is 0 Å². The number of hydrogen-bond donors (Lipinski definition) is 3. The van der Waals surface area contributed by atoms with Gasteiger partial charge in [-0.3, -0.25) is 10.8 Å². The van der Waals surface area contributed by atoms with E-state index in [4.69, 9.17) is 31.9 Å². The van der Waals surface area contributed by atoms with Crippen molar-refractivity contribution in [3.8, 4) is 5.75 Å². The molecule has 3 aromatic carbocycles. The second-order valence-electron chi connectivity index (χ2n) is 6.74. The van der Waals surface area contributed by atoms with Crippen LogP contribution in [-0.2, 0) is 11.3 Å². The number of halogens is 1. The fourth-order valence-electron chi connectivity index (χ4n) is 3.10. The Kier molecular flexibility index (Phi) is 6.10. The second kappa shape index (κ2) is 9.28. The van der Waals surface area contributed by atoms with Crippen LogP contribution in [0.2, 0.25) is 5.02 Å². The van der Waals surface area contributed by atoms with Gasteiger partial charge in [0.2, 0.25) is 5.90 Å². The quantitative estimate of drug-likeness (QED) is 0.192. The molecule has 1 aromatic heterocycles. The monoisotopic (exact) mass is 430 g/mol. The maximum Gasteiger partial charge on any atom is 0.221 e. The van der Waals surface area contributed by atoms with E-state index in [-0.39, 0.29) is 5.90 Å². The van der Waals surface area contributed by atoms with Crippen LogP contribution in [0.5, 0.6) is 5.75 Å². The molecular formula is C24H19ClN4O2. The molecule has 0 saturated carbocycles. The number of nitrogens with zero attached hydrogens (tertiary/aromatic N) is 1. The highest BCUT2D eigenvalue weighted by Crippen LogP contribution is 2.24. The van der Waals surface area contributed by atoms with Crippen LogP contribution in [0.25, 0.3) is 22.7 Å². The smallest absolute Gasteiger partial charge is 0.221 e. The lowest BCUT2D eigenvalue weighted by Gasteiger charge is -2.11. The van der Waals surface area contributed by atoms with E-state index in [1.165, 1.54) is 0 Å². The fraction of sp³-hybridized carbons (Fsp3) is 0.0417. The third-order valence-electron chi connectivity index (χ3n) is 4.66. The van der Waals surface area contributed by atoms with Crippen molar-refractivity contribution < 1.29 is 9.47 Å². The van der Waals surface area contributed by atoms with Crippen LogP contribution in [-0.4, -0.2) is 22.3 Å². The van der Waals surface area contributed by atoms with Crippen molar-refractivity contribution in [1.82, 2.24) is 9.97 Å². The average Bonchev–Trinajstić information content (AvgIpc) is 3.26. The summed E-state index contributed by atoms with van der Waals surface area (Å²) in [4.78, 5) is 7.31. The molecule has 1 heterocycles. The molecule has 0 fully saturated rings. The van der Waals surface area contributed by atoms with Gasteiger partial charge in [-0.2, -0.15) is 0 Å². The predicted molar refractivity (Wildman–Crippen MR) is 124 cm³/mol. The van der Waals surface area contributed by atoms with Crippen molar-refractivity contribution in [1.29, 1.82) is 10.8 Å². The van der Waals surface area contributed by atoms with Crippen LogP contribution in [0.4, 0.5) is 0 Å². The summed E-state index contributed by atoms with van der Waals surface area (Å²) in [6, 6.07) is 20.6. The Bertz CT molecular complexity index is 1240. The first-order valence-electron chi connectivity index (χ1n) is 9.49. The van der Waals surface area contributed by atoms with Gasteiger partial charge in [0.1, 0.15) is 12.4 Å². The van der Waals surface area contributed by atoms with Gasteiger partial charge < -0.3 is 14.5 Å². The molecule has 3 N–H and O–H groups in total. The Morgan fingerprint density at radius 3 is 2.55 bits per heavy atom. The van der Waals surface area contributed by atoms with Crippen LogP contribution in [0.15, 0.2) is 73.1 Å². The number of rotatable bonds is 7. The maximum atomic E-state index is 8.17. The molecule has 0 atom stereocenters. The molecular weight excluding hydrogens is 412 g/mol. The van der Waals surface area contributed by atoms with Gasteiger partial charge in [0.15, 0.2) is 6.40 Å². The third kappa shape index (κ3) is 4.99. The van der Waals surface area contributed by atoms with Gasteiger partial charge in [-0.15, -0.1) is 0 Å². The van der Waals surface area contributed by atoms with Gasteiger partial charge in [0, 0.05) is 10.6 Å². The Balaban J connectivity index is 1.52. The number of fused-ring (bicyclic) bond motifs is 1. The van der Waals surface area contributed by atoms with Crippen molar-refractivity contribution in [2.75, 3.05) is 0 Å². The first kappa shape index (κ1) is 20.4. The lowest BCUT2D eigenvalue weighted by Crippen LogP contribution is -2.05. The molecule has 4 aromatic rings. The Morgan fingerprint density at radius 2 is 1.81 bits per heavy atom. The van der Waals surface area contributed by atoms with Crippen LogP contribution < -0.4 is 4.74 Å². The Labute approximate surface area is 184 Å². The van der Waals surface area contributed by atoms with Crippen molar-refractivity contribution in [3.05, 3.63) is 94.8 Å². The normalized spacial score (nSPS) is 11.3. The van der Waals surface area contributed by atoms with E-state index in [0.29, 0.717) is 23.0 Å². The first-order chi connectivity index (χ1) is 15.1. The van der Waals surface area contributed by atoms with Gasteiger partial charge in [-0.05, 0) is 59.2 Å². The van der Waals surface area contributed by atoms with E-state index < -0.39 is 0 Å². The van der Waals surface area contributed by atoms with E-state index in [0.717, 1.165) is 34.1 Å². The minimum atomic E-state index is -0.119.